The molecule has 0 saturated carbocycles. The van der Waals surface area contributed by atoms with Crippen LogP contribution in [0.15, 0.2) is 24.5 Å². The molecular weight excluding hydrogens is 180 g/mol. The number of H-pyrrole nitrogens is 1. The molecule has 0 unspecified atom stereocenters. The van der Waals surface area contributed by atoms with E-state index in [0.29, 0.717) is 12.5 Å². The van der Waals surface area contributed by atoms with Crippen molar-refractivity contribution in [1.82, 2.24) is 20.2 Å². The monoisotopic (exact) mass is 190 g/mol. The number of hydrogen-bond acceptors (Lipinski definition) is 5. The fraction of sp³-hybridized carbons (Fsp3) is 0.125. The van der Waals surface area contributed by atoms with Crippen LogP contribution in [0.4, 0.5) is 11.8 Å². The van der Waals surface area contributed by atoms with Gasteiger partial charge in [-0.25, -0.2) is 9.97 Å². The van der Waals surface area contributed by atoms with Crippen LogP contribution >= 0.6 is 0 Å². The summed E-state index contributed by atoms with van der Waals surface area (Å²) >= 11 is 0. The zero-order valence-electron chi connectivity index (χ0n) is 7.44. The molecule has 4 N–H and O–H groups in total. The molecule has 0 atom stereocenters. The summed E-state index contributed by atoms with van der Waals surface area (Å²) in [5.41, 5.74) is 6.25. The van der Waals surface area contributed by atoms with Crippen LogP contribution in [0.5, 0.6) is 0 Å². The molecule has 14 heavy (non-hydrogen) atoms. The lowest BCUT2D eigenvalue weighted by molar-refractivity contribution is 0.966. The van der Waals surface area contributed by atoms with E-state index in [9.17, 15) is 0 Å². The van der Waals surface area contributed by atoms with Gasteiger partial charge in [0.15, 0.2) is 0 Å². The van der Waals surface area contributed by atoms with Crippen molar-refractivity contribution in [3.8, 4) is 0 Å². The largest absolute Gasteiger partial charge is 0.325 e. The van der Waals surface area contributed by atoms with Crippen LogP contribution in [-0.4, -0.2) is 20.2 Å². The molecule has 0 saturated heterocycles. The predicted octanol–water partition coefficient (Wildman–Crippen LogP) is 0.402. The molecule has 6 nitrogen and oxygen atoms in total. The molecule has 0 aliphatic rings. The van der Waals surface area contributed by atoms with Gasteiger partial charge in [0.05, 0.1) is 11.9 Å². The lowest BCUT2D eigenvalue weighted by Gasteiger charge is -2.02. The van der Waals surface area contributed by atoms with Crippen molar-refractivity contribution in [3.63, 3.8) is 0 Å². The third-order valence-electron chi connectivity index (χ3n) is 1.67. The van der Waals surface area contributed by atoms with E-state index in [0.717, 1.165) is 11.5 Å². The standard InChI is InChI=1S/C8H10N6/c9-5-6-1-3-10-8(12-6)13-7-2-4-11-14-7/h1-4H,5,9H2,(H2,10,11,12,13,14). The minimum atomic E-state index is 0.403. The molecule has 0 fully saturated rings. The summed E-state index contributed by atoms with van der Waals surface area (Å²) in [5, 5.41) is 9.51. The highest BCUT2D eigenvalue weighted by molar-refractivity contribution is 5.46. The van der Waals surface area contributed by atoms with E-state index in [1.54, 1.807) is 24.5 Å². The van der Waals surface area contributed by atoms with Crippen LogP contribution in [0.2, 0.25) is 0 Å². The maximum Gasteiger partial charge on any atom is 0.228 e. The van der Waals surface area contributed by atoms with E-state index in [1.807, 2.05) is 0 Å². The van der Waals surface area contributed by atoms with Gasteiger partial charge in [-0.1, -0.05) is 0 Å². The Kier molecular flexibility index (Phi) is 2.37. The zero-order chi connectivity index (χ0) is 9.80. The summed E-state index contributed by atoms with van der Waals surface area (Å²) < 4.78 is 0. The maximum absolute atomic E-state index is 5.45. The average Bonchev–Trinajstić information content (AvgIpc) is 2.71. The van der Waals surface area contributed by atoms with E-state index < -0.39 is 0 Å². The molecule has 0 aliphatic carbocycles. The second-order valence-electron chi connectivity index (χ2n) is 2.67. The molecule has 72 valence electrons. The van der Waals surface area contributed by atoms with Crippen molar-refractivity contribution in [1.29, 1.82) is 0 Å². The van der Waals surface area contributed by atoms with Gasteiger partial charge in [0.2, 0.25) is 5.95 Å². The Labute approximate surface area is 80.6 Å². The second kappa shape index (κ2) is 3.84. The summed E-state index contributed by atoms with van der Waals surface area (Å²) in [4.78, 5) is 8.21. The number of rotatable bonds is 3. The van der Waals surface area contributed by atoms with Gasteiger partial charge in [-0.3, -0.25) is 5.10 Å². The Morgan fingerprint density at radius 3 is 3.00 bits per heavy atom. The van der Waals surface area contributed by atoms with Crippen LogP contribution in [0, 0.1) is 0 Å². The van der Waals surface area contributed by atoms with Crippen molar-refractivity contribution < 1.29 is 0 Å². The van der Waals surface area contributed by atoms with E-state index >= 15 is 0 Å². The van der Waals surface area contributed by atoms with Gasteiger partial charge >= 0.3 is 0 Å². The third-order valence-corrected chi connectivity index (χ3v) is 1.67. The summed E-state index contributed by atoms with van der Waals surface area (Å²) in [6, 6.07) is 3.57. The molecule has 0 bridgehead atoms. The Hall–Kier alpha value is -1.95. The van der Waals surface area contributed by atoms with Gasteiger partial charge in [-0.2, -0.15) is 5.10 Å². The fourth-order valence-corrected chi connectivity index (χ4v) is 1.02. The van der Waals surface area contributed by atoms with Crippen LogP contribution < -0.4 is 11.1 Å². The van der Waals surface area contributed by atoms with E-state index in [1.165, 1.54) is 0 Å². The zero-order valence-corrected chi connectivity index (χ0v) is 7.44. The third kappa shape index (κ3) is 1.86. The van der Waals surface area contributed by atoms with Crippen molar-refractivity contribution in [2.24, 2.45) is 5.73 Å². The van der Waals surface area contributed by atoms with Gasteiger partial charge in [-0.15, -0.1) is 0 Å². The Balaban J connectivity index is 2.17. The predicted molar refractivity (Wildman–Crippen MR) is 51.8 cm³/mol. The smallest absolute Gasteiger partial charge is 0.228 e. The minimum absolute atomic E-state index is 0.403. The number of nitrogens with one attached hydrogen (secondary N) is 2. The summed E-state index contributed by atoms with van der Waals surface area (Å²) in [5.74, 6) is 1.26. The molecule has 2 aromatic rings. The molecule has 0 aromatic carbocycles. The van der Waals surface area contributed by atoms with Crippen molar-refractivity contribution in [2.45, 2.75) is 6.54 Å². The Bertz CT molecular complexity index is 396. The van der Waals surface area contributed by atoms with Crippen LogP contribution in [0.3, 0.4) is 0 Å². The maximum atomic E-state index is 5.45. The molecule has 0 amide bonds. The molecular formula is C8H10N6. The molecule has 0 radical (unpaired) electrons. The van der Waals surface area contributed by atoms with Gasteiger partial charge in [-0.05, 0) is 6.07 Å². The van der Waals surface area contributed by atoms with Gasteiger partial charge in [0, 0.05) is 18.8 Å². The first-order valence-electron chi connectivity index (χ1n) is 4.17. The molecule has 2 aromatic heterocycles. The van der Waals surface area contributed by atoms with Crippen LogP contribution in [0.25, 0.3) is 0 Å². The summed E-state index contributed by atoms with van der Waals surface area (Å²) in [6.07, 6.45) is 3.31. The quantitative estimate of drug-likeness (QED) is 0.651. The van der Waals surface area contributed by atoms with Crippen molar-refractivity contribution in [2.75, 3.05) is 5.32 Å². The number of nitrogens with zero attached hydrogens (tertiary/aromatic N) is 3. The number of hydrogen-bond donors (Lipinski definition) is 3. The number of aromatic nitrogens is 4. The van der Waals surface area contributed by atoms with Gasteiger partial charge in [0.1, 0.15) is 5.82 Å². The highest BCUT2D eigenvalue weighted by atomic mass is 15.2. The van der Waals surface area contributed by atoms with Crippen molar-refractivity contribution >= 4 is 11.8 Å². The molecule has 2 heterocycles. The number of aromatic amines is 1. The minimum Gasteiger partial charge on any atom is -0.325 e. The lowest BCUT2D eigenvalue weighted by Crippen LogP contribution is -2.03. The normalized spacial score (nSPS) is 10.1. The summed E-state index contributed by atoms with van der Waals surface area (Å²) in [7, 11) is 0. The highest BCUT2D eigenvalue weighted by Gasteiger charge is 1.98. The topological polar surface area (TPSA) is 92.5 Å². The average molecular weight is 190 g/mol. The first-order chi connectivity index (χ1) is 6.88. The van der Waals surface area contributed by atoms with E-state index in [2.05, 4.69) is 25.5 Å². The molecule has 0 spiro atoms. The van der Waals surface area contributed by atoms with Gasteiger partial charge < -0.3 is 11.1 Å². The van der Waals surface area contributed by atoms with Gasteiger partial charge in [0.25, 0.3) is 0 Å². The Morgan fingerprint density at radius 1 is 1.36 bits per heavy atom. The first kappa shape index (κ1) is 8.64. The highest BCUT2D eigenvalue weighted by Crippen LogP contribution is 2.07. The second-order valence-corrected chi connectivity index (χ2v) is 2.67. The SMILES string of the molecule is NCc1ccnc(Nc2ccn[nH]2)n1. The van der Waals surface area contributed by atoms with Crippen LogP contribution in [0.1, 0.15) is 5.69 Å². The van der Waals surface area contributed by atoms with Crippen molar-refractivity contribution in [3.05, 3.63) is 30.2 Å². The fourth-order valence-electron chi connectivity index (χ4n) is 1.02. The van der Waals surface area contributed by atoms with E-state index in [-0.39, 0.29) is 0 Å². The lowest BCUT2D eigenvalue weighted by atomic mass is 10.4. The van der Waals surface area contributed by atoms with E-state index in [4.69, 9.17) is 5.73 Å². The van der Waals surface area contributed by atoms with Crippen LogP contribution in [-0.2, 0) is 6.54 Å². The number of anilines is 2. The first-order valence-corrected chi connectivity index (χ1v) is 4.17. The Morgan fingerprint density at radius 2 is 2.29 bits per heavy atom. The molecule has 6 heteroatoms. The molecule has 2 rings (SSSR count). The number of nitrogens with two attached hydrogens (primary N) is 1. The summed E-state index contributed by atoms with van der Waals surface area (Å²) in [6.45, 7) is 0.403. The molecule has 0 aliphatic heterocycles.